The van der Waals surface area contributed by atoms with Gasteiger partial charge in [0.25, 0.3) is 5.91 Å². The van der Waals surface area contributed by atoms with E-state index in [0.29, 0.717) is 11.4 Å². The second-order valence-electron chi connectivity index (χ2n) is 7.47. The molecule has 156 valence electrons. The predicted molar refractivity (Wildman–Crippen MR) is 123 cm³/mol. The number of nitrogen functional groups attached to an aromatic ring is 1. The minimum Gasteiger partial charge on any atom is -0.399 e. The Morgan fingerprint density at radius 3 is 2.39 bits per heavy atom. The van der Waals surface area contributed by atoms with E-state index in [1.54, 1.807) is 31.3 Å². The molecule has 0 saturated carbocycles. The maximum atomic E-state index is 13.2. The van der Waals surface area contributed by atoms with E-state index in [1.807, 2.05) is 60.8 Å². The van der Waals surface area contributed by atoms with Crippen molar-refractivity contribution in [3.63, 3.8) is 0 Å². The first-order valence-corrected chi connectivity index (χ1v) is 10.0. The maximum absolute atomic E-state index is 13.2. The molecule has 0 aliphatic carbocycles. The fourth-order valence-electron chi connectivity index (χ4n) is 3.67. The fourth-order valence-corrected chi connectivity index (χ4v) is 3.67. The SMILES string of the molecule is CN(C(=O)Cc1c[nH]c2ccccc12)C(C(=O)Nc1ccc(N)cc1)c1ccccc1. The number of nitrogens with zero attached hydrogens (tertiary/aromatic N) is 1. The third-order valence-electron chi connectivity index (χ3n) is 5.34. The summed E-state index contributed by atoms with van der Waals surface area (Å²) in [5.41, 5.74) is 9.59. The molecule has 1 aromatic heterocycles. The highest BCUT2D eigenvalue weighted by molar-refractivity contribution is 5.98. The van der Waals surface area contributed by atoms with Crippen LogP contribution in [0.2, 0.25) is 0 Å². The van der Waals surface area contributed by atoms with E-state index < -0.39 is 6.04 Å². The summed E-state index contributed by atoms with van der Waals surface area (Å²) < 4.78 is 0. The summed E-state index contributed by atoms with van der Waals surface area (Å²) in [5, 5.41) is 3.90. The van der Waals surface area contributed by atoms with Crippen LogP contribution in [0, 0.1) is 0 Å². The van der Waals surface area contributed by atoms with Crippen molar-refractivity contribution in [3.8, 4) is 0 Å². The van der Waals surface area contributed by atoms with Crippen LogP contribution in [0.3, 0.4) is 0 Å². The molecule has 0 fully saturated rings. The molecule has 31 heavy (non-hydrogen) atoms. The van der Waals surface area contributed by atoms with Gasteiger partial charge in [-0.2, -0.15) is 0 Å². The topological polar surface area (TPSA) is 91.2 Å². The lowest BCUT2D eigenvalue weighted by molar-refractivity contribution is -0.136. The van der Waals surface area contributed by atoms with Gasteiger partial charge in [0, 0.05) is 35.5 Å². The zero-order valence-corrected chi connectivity index (χ0v) is 17.2. The van der Waals surface area contributed by atoms with Gasteiger partial charge < -0.3 is 20.9 Å². The molecule has 0 spiro atoms. The number of likely N-dealkylation sites (N-methyl/N-ethyl adjacent to an activating group) is 1. The number of benzene rings is 3. The van der Waals surface area contributed by atoms with E-state index in [4.69, 9.17) is 5.73 Å². The van der Waals surface area contributed by atoms with E-state index in [2.05, 4.69) is 10.3 Å². The molecule has 0 aliphatic heterocycles. The Morgan fingerprint density at radius 1 is 0.968 bits per heavy atom. The third-order valence-corrected chi connectivity index (χ3v) is 5.34. The summed E-state index contributed by atoms with van der Waals surface area (Å²) in [7, 11) is 1.66. The largest absolute Gasteiger partial charge is 0.399 e. The zero-order chi connectivity index (χ0) is 21.8. The number of nitrogens with two attached hydrogens (primary N) is 1. The summed E-state index contributed by atoms with van der Waals surface area (Å²) in [6, 6.07) is 23.3. The molecule has 4 rings (SSSR count). The average molecular weight is 412 g/mol. The molecular weight excluding hydrogens is 388 g/mol. The van der Waals surface area contributed by atoms with Gasteiger partial charge >= 0.3 is 0 Å². The average Bonchev–Trinajstić information content (AvgIpc) is 3.19. The zero-order valence-electron chi connectivity index (χ0n) is 17.2. The second-order valence-corrected chi connectivity index (χ2v) is 7.47. The number of rotatable bonds is 6. The van der Waals surface area contributed by atoms with Gasteiger partial charge in [-0.15, -0.1) is 0 Å². The van der Waals surface area contributed by atoms with Crippen molar-refractivity contribution in [2.45, 2.75) is 12.5 Å². The number of hydrogen-bond donors (Lipinski definition) is 3. The van der Waals surface area contributed by atoms with Gasteiger partial charge in [0.05, 0.1) is 6.42 Å². The van der Waals surface area contributed by atoms with Gasteiger partial charge in [-0.3, -0.25) is 9.59 Å². The van der Waals surface area contributed by atoms with Crippen LogP contribution in [0.1, 0.15) is 17.2 Å². The number of aromatic amines is 1. The quantitative estimate of drug-likeness (QED) is 0.416. The lowest BCUT2D eigenvalue weighted by Gasteiger charge is -2.28. The molecule has 4 aromatic rings. The first kappa shape index (κ1) is 20.2. The van der Waals surface area contributed by atoms with Gasteiger partial charge in [-0.05, 0) is 41.5 Å². The Morgan fingerprint density at radius 2 is 1.65 bits per heavy atom. The number of anilines is 2. The molecule has 0 bridgehead atoms. The van der Waals surface area contributed by atoms with Crippen LogP contribution in [-0.2, 0) is 16.0 Å². The lowest BCUT2D eigenvalue weighted by atomic mass is 10.0. The van der Waals surface area contributed by atoms with Crippen molar-refractivity contribution in [2.24, 2.45) is 0 Å². The molecule has 3 aromatic carbocycles. The van der Waals surface area contributed by atoms with Crippen LogP contribution in [0.25, 0.3) is 10.9 Å². The fraction of sp³-hybridized carbons (Fsp3) is 0.120. The molecule has 1 heterocycles. The molecule has 4 N–H and O–H groups in total. The normalized spacial score (nSPS) is 11.8. The first-order chi connectivity index (χ1) is 15.0. The Bertz CT molecular complexity index is 1200. The first-order valence-electron chi connectivity index (χ1n) is 10.0. The van der Waals surface area contributed by atoms with Gasteiger partial charge in [0.1, 0.15) is 6.04 Å². The highest BCUT2D eigenvalue weighted by atomic mass is 16.2. The molecule has 2 amide bonds. The second kappa shape index (κ2) is 8.75. The lowest BCUT2D eigenvalue weighted by Crippen LogP contribution is -2.39. The molecular formula is C25H24N4O2. The maximum Gasteiger partial charge on any atom is 0.251 e. The van der Waals surface area contributed by atoms with Crippen molar-refractivity contribution in [1.29, 1.82) is 0 Å². The molecule has 1 unspecified atom stereocenters. The number of fused-ring (bicyclic) bond motifs is 1. The van der Waals surface area contributed by atoms with Gasteiger partial charge in [0.15, 0.2) is 0 Å². The van der Waals surface area contributed by atoms with Crippen LogP contribution < -0.4 is 11.1 Å². The number of H-pyrrole nitrogens is 1. The molecule has 0 saturated heterocycles. The molecule has 0 radical (unpaired) electrons. The monoisotopic (exact) mass is 412 g/mol. The summed E-state index contributed by atoms with van der Waals surface area (Å²) in [5.74, 6) is -0.434. The Hall–Kier alpha value is -4.06. The molecule has 6 nitrogen and oxygen atoms in total. The molecule has 1 atom stereocenters. The highest BCUT2D eigenvalue weighted by Gasteiger charge is 2.29. The Kier molecular flexibility index (Phi) is 5.71. The number of carbonyl (C=O) groups excluding carboxylic acids is 2. The minimum absolute atomic E-state index is 0.147. The number of carbonyl (C=O) groups is 2. The van der Waals surface area contributed by atoms with Crippen LogP contribution >= 0.6 is 0 Å². The number of para-hydroxylation sites is 1. The van der Waals surface area contributed by atoms with Crippen molar-refractivity contribution < 1.29 is 9.59 Å². The van der Waals surface area contributed by atoms with Crippen LogP contribution in [0.15, 0.2) is 85.1 Å². The Labute approximate surface area is 180 Å². The van der Waals surface area contributed by atoms with Gasteiger partial charge in [-0.1, -0.05) is 48.5 Å². The van der Waals surface area contributed by atoms with E-state index in [-0.39, 0.29) is 18.2 Å². The van der Waals surface area contributed by atoms with E-state index >= 15 is 0 Å². The smallest absolute Gasteiger partial charge is 0.251 e. The predicted octanol–water partition coefficient (Wildman–Crippen LogP) is 4.13. The van der Waals surface area contributed by atoms with E-state index in [0.717, 1.165) is 22.0 Å². The minimum atomic E-state index is -0.767. The highest BCUT2D eigenvalue weighted by Crippen LogP contribution is 2.25. The van der Waals surface area contributed by atoms with E-state index in [9.17, 15) is 9.59 Å². The Balaban J connectivity index is 1.59. The standard InChI is InChI=1S/C25H24N4O2/c1-29(23(30)15-18-16-27-22-10-6-5-9-21(18)22)24(17-7-3-2-4-8-17)25(31)28-20-13-11-19(26)12-14-20/h2-14,16,24,27H,15,26H2,1H3,(H,28,31). The van der Waals surface area contributed by atoms with Gasteiger partial charge in [-0.25, -0.2) is 0 Å². The van der Waals surface area contributed by atoms with E-state index in [1.165, 1.54) is 4.90 Å². The van der Waals surface area contributed by atoms with Crippen molar-refractivity contribution in [3.05, 3.63) is 96.2 Å². The number of nitrogens with one attached hydrogen (secondary N) is 2. The van der Waals surface area contributed by atoms with Crippen LogP contribution in [0.4, 0.5) is 11.4 Å². The summed E-state index contributed by atoms with van der Waals surface area (Å²) in [6.07, 6.45) is 2.04. The number of aromatic nitrogens is 1. The summed E-state index contributed by atoms with van der Waals surface area (Å²) >= 11 is 0. The van der Waals surface area contributed by atoms with Crippen LogP contribution in [-0.4, -0.2) is 28.7 Å². The van der Waals surface area contributed by atoms with Crippen molar-refractivity contribution >= 4 is 34.1 Å². The number of amides is 2. The molecule has 0 aliphatic rings. The van der Waals surface area contributed by atoms with Crippen molar-refractivity contribution in [1.82, 2.24) is 9.88 Å². The molecule has 6 heteroatoms. The summed E-state index contributed by atoms with van der Waals surface area (Å²) in [6.45, 7) is 0. The van der Waals surface area contributed by atoms with Gasteiger partial charge in [0.2, 0.25) is 5.91 Å². The van der Waals surface area contributed by atoms with Crippen LogP contribution in [0.5, 0.6) is 0 Å². The number of hydrogen-bond acceptors (Lipinski definition) is 3. The third kappa shape index (κ3) is 4.43. The summed E-state index contributed by atoms with van der Waals surface area (Å²) in [4.78, 5) is 31.1. The van der Waals surface area contributed by atoms with Crippen molar-refractivity contribution in [2.75, 3.05) is 18.1 Å².